The molecule has 1 aromatic heterocycles. The molecule has 1 N–H and O–H groups in total. The van der Waals surface area contributed by atoms with Crippen LogP contribution < -0.4 is 0 Å². The number of aliphatic hydroxyl groups excluding tert-OH is 1. The van der Waals surface area contributed by atoms with Crippen LogP contribution >= 0.6 is 0 Å². The van der Waals surface area contributed by atoms with Crippen molar-refractivity contribution >= 4 is 40.0 Å². The number of fused-ring (bicyclic) bond motifs is 1. The van der Waals surface area contributed by atoms with Gasteiger partial charge in [0.25, 0.3) is 0 Å². The molecule has 128 valence electrons. The van der Waals surface area contributed by atoms with Gasteiger partial charge in [-0.2, -0.15) is 0 Å². The van der Waals surface area contributed by atoms with Gasteiger partial charge in [-0.3, -0.25) is 4.57 Å². The average molecular weight is 350 g/mol. The van der Waals surface area contributed by atoms with E-state index < -0.39 is 17.8 Å². The van der Waals surface area contributed by atoms with Gasteiger partial charge in [-0.05, 0) is 32.4 Å². The van der Waals surface area contributed by atoms with Crippen LogP contribution in [0.5, 0.6) is 0 Å². The number of rotatable bonds is 2. The first-order valence-corrected chi connectivity index (χ1v) is 7.93. The molecule has 5 heteroatoms. The van der Waals surface area contributed by atoms with Crippen LogP contribution in [0, 0.1) is 0 Å². The Hall–Kier alpha value is -1.82. The molecule has 0 saturated carbocycles. The van der Waals surface area contributed by atoms with Crippen molar-refractivity contribution in [2.75, 3.05) is 0 Å². The Labute approximate surface area is 163 Å². The minimum Gasteiger partial charge on any atom is -0.443 e. The largest absolute Gasteiger partial charge is 0.443 e. The summed E-state index contributed by atoms with van der Waals surface area (Å²) < 4.78 is 6.93. The van der Waals surface area contributed by atoms with Crippen LogP contribution in [0.4, 0.5) is 4.79 Å². The summed E-state index contributed by atoms with van der Waals surface area (Å²) in [6, 6.07) is 16.9. The number of hydrogen-bond acceptors (Lipinski definition) is 3. The van der Waals surface area contributed by atoms with Gasteiger partial charge in [0, 0.05) is 17.1 Å². The highest BCUT2D eigenvalue weighted by atomic mass is 24.3. The van der Waals surface area contributed by atoms with E-state index in [9.17, 15) is 9.90 Å². The van der Waals surface area contributed by atoms with E-state index in [-0.39, 0.29) is 23.1 Å². The zero-order chi connectivity index (χ0) is 17.3. The van der Waals surface area contributed by atoms with Crippen molar-refractivity contribution in [2.24, 2.45) is 0 Å². The van der Waals surface area contributed by atoms with Crippen molar-refractivity contribution < 1.29 is 14.6 Å². The standard InChI is InChI=1S/C20H21NO3.Mg.2H/c1-20(2,3)24-19(23)21-13-16(15-11-7-8-12-17(15)21)18(22)14-9-5-4-6-10-14;;;/h4-13,18,22H,1-3H3;;;. The van der Waals surface area contributed by atoms with Crippen LogP contribution in [-0.2, 0) is 4.74 Å². The van der Waals surface area contributed by atoms with Gasteiger partial charge >= 0.3 is 29.1 Å². The maximum atomic E-state index is 12.5. The number of hydrogen-bond donors (Lipinski definition) is 1. The lowest BCUT2D eigenvalue weighted by molar-refractivity contribution is 0.0544. The highest BCUT2D eigenvalue weighted by Crippen LogP contribution is 2.31. The third kappa shape index (κ3) is 4.23. The fourth-order valence-corrected chi connectivity index (χ4v) is 2.70. The van der Waals surface area contributed by atoms with E-state index in [1.807, 2.05) is 75.4 Å². The Morgan fingerprint density at radius 3 is 2.28 bits per heavy atom. The molecule has 3 rings (SSSR count). The summed E-state index contributed by atoms with van der Waals surface area (Å²) in [5.41, 5.74) is 1.60. The molecule has 0 amide bonds. The van der Waals surface area contributed by atoms with Gasteiger partial charge in [-0.1, -0.05) is 48.5 Å². The predicted octanol–water partition coefficient (Wildman–Crippen LogP) is 3.59. The van der Waals surface area contributed by atoms with Gasteiger partial charge in [0.05, 0.1) is 5.52 Å². The highest BCUT2D eigenvalue weighted by molar-refractivity contribution is 5.92. The number of aliphatic hydroxyl groups is 1. The smallest absolute Gasteiger partial charge is 0.419 e. The number of aromatic nitrogens is 1. The number of carbonyl (C=O) groups is 1. The molecule has 0 saturated heterocycles. The van der Waals surface area contributed by atoms with E-state index in [1.54, 1.807) is 6.20 Å². The van der Waals surface area contributed by atoms with Gasteiger partial charge in [0.15, 0.2) is 0 Å². The molecule has 25 heavy (non-hydrogen) atoms. The van der Waals surface area contributed by atoms with Gasteiger partial charge < -0.3 is 9.84 Å². The van der Waals surface area contributed by atoms with E-state index in [0.717, 1.165) is 16.5 Å². The summed E-state index contributed by atoms with van der Waals surface area (Å²) in [4.78, 5) is 12.5. The number of benzene rings is 2. The maximum absolute atomic E-state index is 12.5. The molecule has 0 spiro atoms. The molecule has 0 aliphatic heterocycles. The molecule has 0 aliphatic rings. The van der Waals surface area contributed by atoms with Gasteiger partial charge in [-0.15, -0.1) is 0 Å². The average Bonchev–Trinajstić information content (AvgIpc) is 2.93. The molecule has 2 aromatic carbocycles. The maximum Gasteiger partial charge on any atom is 0.419 e. The Bertz CT molecular complexity index is 866. The monoisotopic (exact) mass is 349 g/mol. The molecule has 1 unspecified atom stereocenters. The van der Waals surface area contributed by atoms with Crippen molar-refractivity contribution in [3.8, 4) is 0 Å². The normalized spacial score (nSPS) is 12.5. The summed E-state index contributed by atoms with van der Waals surface area (Å²) >= 11 is 0. The highest BCUT2D eigenvalue weighted by Gasteiger charge is 2.23. The fourth-order valence-electron chi connectivity index (χ4n) is 2.70. The SMILES string of the molecule is CC(C)(C)OC(=O)n1cc(C(O)c2ccccc2)c2ccccc21.[MgH2]. The van der Waals surface area contributed by atoms with Crippen LogP contribution in [0.25, 0.3) is 10.9 Å². The zero-order valence-corrected chi connectivity index (χ0v) is 14.1. The number of ether oxygens (including phenoxy) is 1. The zero-order valence-electron chi connectivity index (χ0n) is 14.1. The summed E-state index contributed by atoms with van der Waals surface area (Å²) in [6.45, 7) is 5.49. The Morgan fingerprint density at radius 2 is 1.64 bits per heavy atom. The Kier molecular flexibility index (Phi) is 5.93. The minimum absolute atomic E-state index is 0. The van der Waals surface area contributed by atoms with E-state index in [2.05, 4.69) is 0 Å². The quantitative estimate of drug-likeness (QED) is 0.719. The fraction of sp³-hybridized carbons (Fsp3) is 0.250. The molecule has 1 heterocycles. The molecule has 3 aromatic rings. The first kappa shape index (κ1) is 19.5. The van der Waals surface area contributed by atoms with Gasteiger partial charge in [0.1, 0.15) is 11.7 Å². The van der Waals surface area contributed by atoms with Crippen molar-refractivity contribution in [3.63, 3.8) is 0 Å². The topological polar surface area (TPSA) is 51.5 Å². The van der Waals surface area contributed by atoms with Crippen LogP contribution in [0.15, 0.2) is 60.8 Å². The second kappa shape index (κ2) is 7.60. The van der Waals surface area contributed by atoms with Crippen molar-refractivity contribution in [1.82, 2.24) is 4.57 Å². The predicted molar refractivity (Wildman–Crippen MR) is 103 cm³/mol. The summed E-state index contributed by atoms with van der Waals surface area (Å²) in [6.07, 6.45) is 0.404. The minimum atomic E-state index is -0.806. The van der Waals surface area contributed by atoms with Crippen LogP contribution in [-0.4, -0.2) is 44.4 Å². The van der Waals surface area contributed by atoms with Crippen LogP contribution in [0.3, 0.4) is 0 Å². The summed E-state index contributed by atoms with van der Waals surface area (Å²) in [5, 5.41) is 11.6. The van der Waals surface area contributed by atoms with Crippen LogP contribution in [0.1, 0.15) is 38.0 Å². The molecule has 0 fully saturated rings. The second-order valence-electron chi connectivity index (χ2n) is 6.77. The third-order valence-corrected chi connectivity index (χ3v) is 3.74. The molecule has 4 nitrogen and oxygen atoms in total. The van der Waals surface area contributed by atoms with E-state index in [0.29, 0.717) is 5.56 Å². The lowest BCUT2D eigenvalue weighted by Gasteiger charge is -2.19. The molecule has 0 aliphatic carbocycles. The van der Waals surface area contributed by atoms with Crippen molar-refractivity contribution in [3.05, 3.63) is 71.9 Å². The van der Waals surface area contributed by atoms with Crippen LogP contribution in [0.2, 0.25) is 0 Å². The van der Waals surface area contributed by atoms with E-state index >= 15 is 0 Å². The molecular weight excluding hydrogens is 327 g/mol. The number of para-hydroxylation sites is 1. The van der Waals surface area contributed by atoms with Crippen molar-refractivity contribution in [1.29, 1.82) is 0 Å². The lowest BCUT2D eigenvalue weighted by atomic mass is 10.0. The summed E-state index contributed by atoms with van der Waals surface area (Å²) in [5.74, 6) is 0. The molecule has 1 atom stereocenters. The first-order valence-electron chi connectivity index (χ1n) is 7.93. The summed E-state index contributed by atoms with van der Waals surface area (Å²) in [7, 11) is 0. The lowest BCUT2D eigenvalue weighted by Crippen LogP contribution is -2.26. The van der Waals surface area contributed by atoms with E-state index in [4.69, 9.17) is 4.74 Å². The Morgan fingerprint density at radius 1 is 1.04 bits per heavy atom. The van der Waals surface area contributed by atoms with Gasteiger partial charge in [0.2, 0.25) is 0 Å². The number of carbonyl (C=O) groups excluding carboxylic acids is 1. The molecule has 0 radical (unpaired) electrons. The third-order valence-electron chi connectivity index (χ3n) is 3.74. The molecule has 0 bridgehead atoms. The number of nitrogens with zero attached hydrogens (tertiary/aromatic N) is 1. The Balaban J connectivity index is 0.00000225. The van der Waals surface area contributed by atoms with E-state index in [1.165, 1.54) is 4.57 Å². The van der Waals surface area contributed by atoms with Crippen molar-refractivity contribution in [2.45, 2.75) is 32.5 Å². The second-order valence-corrected chi connectivity index (χ2v) is 6.77. The molecular formula is C20H23MgNO3. The van der Waals surface area contributed by atoms with Gasteiger partial charge in [-0.25, -0.2) is 4.79 Å². The first-order chi connectivity index (χ1) is 11.4.